The second kappa shape index (κ2) is 9.63. The van der Waals surface area contributed by atoms with Crippen LogP contribution in [-0.4, -0.2) is 42.6 Å². The largest absolute Gasteiger partial charge is 0.359 e. The molecule has 1 aliphatic heterocycles. The standard InChI is InChI=1S/C24H24N8O2S/c1-14(2)32-13-25-31-22(32)17-9-6-10-19(26-17)28-23(34)30-24-29-21-18(35-24)12-11-16(27-21)20(33)15-7-4-3-5-8-15/h3-10,13-14,16,27H,11-12H2,1-2H3,(H2,26,28,29,30,34). The minimum absolute atomic E-state index is 0.0377. The fraction of sp³-hybridized carbons (Fsp3) is 0.250. The number of aryl methyl sites for hydroxylation is 1. The number of fused-ring (bicyclic) bond motifs is 1. The highest BCUT2D eigenvalue weighted by Crippen LogP contribution is 2.33. The van der Waals surface area contributed by atoms with Crippen molar-refractivity contribution in [2.75, 3.05) is 16.0 Å². The number of aromatic nitrogens is 5. The maximum atomic E-state index is 12.8. The van der Waals surface area contributed by atoms with Crippen molar-refractivity contribution in [1.29, 1.82) is 0 Å². The number of nitrogens with zero attached hydrogens (tertiary/aromatic N) is 5. The number of pyridine rings is 1. The lowest BCUT2D eigenvalue weighted by Crippen LogP contribution is -2.33. The molecule has 0 aliphatic carbocycles. The molecule has 1 atom stereocenters. The van der Waals surface area contributed by atoms with Gasteiger partial charge < -0.3 is 9.88 Å². The summed E-state index contributed by atoms with van der Waals surface area (Å²) in [5.74, 6) is 1.68. The predicted molar refractivity (Wildman–Crippen MR) is 135 cm³/mol. The van der Waals surface area contributed by atoms with Crippen molar-refractivity contribution in [3.63, 3.8) is 0 Å². The summed E-state index contributed by atoms with van der Waals surface area (Å²) >= 11 is 1.39. The minimum Gasteiger partial charge on any atom is -0.359 e. The molecular formula is C24H24N8O2S. The molecule has 0 radical (unpaired) electrons. The van der Waals surface area contributed by atoms with Crippen molar-refractivity contribution in [2.45, 2.75) is 38.8 Å². The van der Waals surface area contributed by atoms with Crippen LogP contribution in [0.1, 0.15) is 41.5 Å². The molecule has 10 nitrogen and oxygen atoms in total. The lowest BCUT2D eigenvalue weighted by molar-refractivity contribution is 0.0964. The quantitative estimate of drug-likeness (QED) is 0.338. The van der Waals surface area contributed by atoms with E-state index >= 15 is 0 Å². The maximum Gasteiger partial charge on any atom is 0.326 e. The summed E-state index contributed by atoms with van der Waals surface area (Å²) in [5.41, 5.74) is 1.28. The SMILES string of the molecule is CC(C)n1cnnc1-c1cccc(NC(=O)Nc2nc3c(s2)CCC(C(=O)c2ccccc2)N3)n1. The Morgan fingerprint density at radius 3 is 2.71 bits per heavy atom. The Kier molecular flexibility index (Phi) is 6.23. The molecule has 0 bridgehead atoms. The Hall–Kier alpha value is -4.12. The van der Waals surface area contributed by atoms with Gasteiger partial charge in [0.05, 0.1) is 10.9 Å². The average Bonchev–Trinajstić information content (AvgIpc) is 3.51. The van der Waals surface area contributed by atoms with E-state index in [9.17, 15) is 9.59 Å². The highest BCUT2D eigenvalue weighted by molar-refractivity contribution is 7.16. The Labute approximate surface area is 205 Å². The highest BCUT2D eigenvalue weighted by atomic mass is 32.1. The van der Waals surface area contributed by atoms with E-state index in [2.05, 4.69) is 36.1 Å². The molecule has 0 saturated heterocycles. The molecule has 5 rings (SSSR count). The number of carbonyl (C=O) groups excluding carboxylic acids is 2. The zero-order chi connectivity index (χ0) is 24.4. The van der Waals surface area contributed by atoms with Crippen molar-refractivity contribution in [2.24, 2.45) is 0 Å². The van der Waals surface area contributed by atoms with Crippen molar-refractivity contribution in [1.82, 2.24) is 24.7 Å². The Morgan fingerprint density at radius 2 is 1.91 bits per heavy atom. The molecule has 1 aromatic carbocycles. The van der Waals surface area contributed by atoms with Crippen LogP contribution in [0.4, 0.5) is 21.6 Å². The molecule has 3 N–H and O–H groups in total. The number of carbonyl (C=O) groups is 2. The van der Waals surface area contributed by atoms with Crippen molar-refractivity contribution < 1.29 is 9.59 Å². The third kappa shape index (κ3) is 4.90. The lowest BCUT2D eigenvalue weighted by Gasteiger charge is -2.22. The van der Waals surface area contributed by atoms with Crippen LogP contribution in [0.3, 0.4) is 0 Å². The van der Waals surface area contributed by atoms with Gasteiger partial charge in [0.1, 0.15) is 23.7 Å². The summed E-state index contributed by atoms with van der Waals surface area (Å²) in [6.45, 7) is 4.06. The van der Waals surface area contributed by atoms with E-state index in [1.165, 1.54) is 11.3 Å². The first-order valence-corrected chi connectivity index (χ1v) is 12.1. The molecule has 2 amide bonds. The van der Waals surface area contributed by atoms with Gasteiger partial charge in [-0.05, 0) is 38.8 Å². The summed E-state index contributed by atoms with van der Waals surface area (Å²) in [5, 5.41) is 17.3. The molecule has 4 aromatic rings. The van der Waals surface area contributed by atoms with E-state index in [0.717, 1.165) is 4.88 Å². The Morgan fingerprint density at radius 1 is 1.09 bits per heavy atom. The number of anilines is 3. The number of urea groups is 1. The first kappa shape index (κ1) is 22.7. The summed E-state index contributed by atoms with van der Waals surface area (Å²) in [6.07, 6.45) is 3.05. The predicted octanol–water partition coefficient (Wildman–Crippen LogP) is 4.63. The Balaban J connectivity index is 1.24. The highest BCUT2D eigenvalue weighted by Gasteiger charge is 2.27. The number of Topliss-reactive ketones (excluding diaryl/α,β-unsaturated/α-hetero) is 1. The van der Waals surface area contributed by atoms with E-state index in [1.54, 1.807) is 18.5 Å². The van der Waals surface area contributed by atoms with Crippen molar-refractivity contribution in [3.8, 4) is 11.5 Å². The first-order valence-electron chi connectivity index (χ1n) is 11.3. The zero-order valence-corrected chi connectivity index (χ0v) is 20.0. The molecule has 1 aliphatic rings. The van der Waals surface area contributed by atoms with Gasteiger partial charge in [-0.2, -0.15) is 0 Å². The number of benzene rings is 1. The first-order chi connectivity index (χ1) is 17.0. The van der Waals surface area contributed by atoms with Gasteiger partial charge in [0.15, 0.2) is 16.7 Å². The fourth-order valence-corrected chi connectivity index (χ4v) is 4.81. The van der Waals surface area contributed by atoms with Gasteiger partial charge in [-0.1, -0.05) is 47.7 Å². The molecule has 0 saturated carbocycles. The molecule has 0 spiro atoms. The number of ketones is 1. The zero-order valence-electron chi connectivity index (χ0n) is 19.2. The summed E-state index contributed by atoms with van der Waals surface area (Å²) < 4.78 is 1.91. The summed E-state index contributed by atoms with van der Waals surface area (Å²) in [6, 6.07) is 13.9. The minimum atomic E-state index is -0.456. The molecule has 4 heterocycles. The molecule has 3 aromatic heterocycles. The van der Waals surface area contributed by atoms with E-state index in [-0.39, 0.29) is 17.9 Å². The van der Waals surface area contributed by atoms with Crippen LogP contribution in [0.25, 0.3) is 11.5 Å². The van der Waals surface area contributed by atoms with Crippen LogP contribution in [0, 0.1) is 0 Å². The fourth-order valence-electron chi connectivity index (χ4n) is 3.88. The monoisotopic (exact) mass is 488 g/mol. The topological polar surface area (TPSA) is 127 Å². The molecule has 35 heavy (non-hydrogen) atoms. The van der Waals surface area contributed by atoms with Crippen LogP contribution in [0.5, 0.6) is 0 Å². The second-order valence-corrected chi connectivity index (χ2v) is 9.48. The lowest BCUT2D eigenvalue weighted by atomic mass is 9.97. The van der Waals surface area contributed by atoms with Gasteiger partial charge in [-0.3, -0.25) is 15.4 Å². The number of rotatable bonds is 6. The smallest absolute Gasteiger partial charge is 0.326 e. The van der Waals surface area contributed by atoms with Gasteiger partial charge in [0.25, 0.3) is 0 Å². The number of thiazole rings is 1. The molecule has 178 valence electrons. The normalized spacial score (nSPS) is 14.8. The van der Waals surface area contributed by atoms with Crippen LogP contribution < -0.4 is 16.0 Å². The number of hydrogen-bond acceptors (Lipinski definition) is 8. The van der Waals surface area contributed by atoms with Crippen LogP contribution in [0.15, 0.2) is 54.9 Å². The van der Waals surface area contributed by atoms with Crippen molar-refractivity contribution >= 4 is 39.9 Å². The average molecular weight is 489 g/mol. The number of hydrogen-bond donors (Lipinski definition) is 3. The molecule has 0 fully saturated rings. The third-order valence-electron chi connectivity index (χ3n) is 5.61. The van der Waals surface area contributed by atoms with E-state index < -0.39 is 6.03 Å². The molecule has 1 unspecified atom stereocenters. The van der Waals surface area contributed by atoms with E-state index in [4.69, 9.17) is 0 Å². The molecular weight excluding hydrogens is 464 g/mol. The van der Waals surface area contributed by atoms with Crippen LogP contribution >= 0.6 is 11.3 Å². The number of amides is 2. The van der Waals surface area contributed by atoms with Gasteiger partial charge >= 0.3 is 6.03 Å². The Bertz CT molecular complexity index is 1360. The second-order valence-electron chi connectivity index (χ2n) is 8.40. The van der Waals surface area contributed by atoms with Crippen LogP contribution in [-0.2, 0) is 6.42 Å². The summed E-state index contributed by atoms with van der Waals surface area (Å²) in [7, 11) is 0. The van der Waals surface area contributed by atoms with E-state index in [1.807, 2.05) is 54.8 Å². The van der Waals surface area contributed by atoms with Crippen molar-refractivity contribution in [3.05, 3.63) is 65.3 Å². The molecule has 11 heteroatoms. The van der Waals surface area contributed by atoms with Crippen LogP contribution in [0.2, 0.25) is 0 Å². The van der Waals surface area contributed by atoms with E-state index in [0.29, 0.717) is 46.7 Å². The maximum absolute atomic E-state index is 12.8. The van der Waals surface area contributed by atoms with Gasteiger partial charge in [-0.25, -0.2) is 14.8 Å². The van der Waals surface area contributed by atoms with Gasteiger partial charge in [-0.15, -0.1) is 10.2 Å². The number of nitrogens with one attached hydrogen (secondary N) is 3. The summed E-state index contributed by atoms with van der Waals surface area (Å²) in [4.78, 5) is 35.4. The van der Waals surface area contributed by atoms with Gasteiger partial charge in [0.2, 0.25) is 0 Å². The van der Waals surface area contributed by atoms with Gasteiger partial charge in [0, 0.05) is 11.6 Å². The third-order valence-corrected chi connectivity index (χ3v) is 6.64.